The van der Waals surface area contributed by atoms with Crippen LogP contribution in [0, 0.1) is 0 Å². The molecule has 1 N–H and O–H groups in total. The number of rotatable bonds is 8. The van der Waals surface area contributed by atoms with Crippen LogP contribution in [0.1, 0.15) is 33.6 Å². The number of halogens is 1. The van der Waals surface area contributed by atoms with E-state index in [1.165, 1.54) is 11.3 Å². The van der Waals surface area contributed by atoms with Crippen LogP contribution in [-0.2, 0) is 9.53 Å². The van der Waals surface area contributed by atoms with Crippen LogP contribution in [0.5, 0.6) is 0 Å². The zero-order valence-electron chi connectivity index (χ0n) is 12.8. The summed E-state index contributed by atoms with van der Waals surface area (Å²) in [7, 11) is 0. The lowest BCUT2D eigenvalue weighted by Crippen LogP contribution is -2.24. The van der Waals surface area contributed by atoms with Crippen molar-refractivity contribution in [1.82, 2.24) is 5.32 Å². The summed E-state index contributed by atoms with van der Waals surface area (Å²) in [4.78, 5) is 35.1. The maximum Gasteiger partial charge on any atom is 0.306 e. The van der Waals surface area contributed by atoms with Crippen molar-refractivity contribution >= 4 is 40.6 Å². The number of ketones is 1. The van der Waals surface area contributed by atoms with Gasteiger partial charge in [-0.2, -0.15) is 11.3 Å². The van der Waals surface area contributed by atoms with Gasteiger partial charge in [-0.25, -0.2) is 0 Å². The maximum atomic E-state index is 11.8. The maximum absolute atomic E-state index is 11.8. The molecule has 1 aromatic carbocycles. The summed E-state index contributed by atoms with van der Waals surface area (Å²) < 4.78 is 4.94. The van der Waals surface area contributed by atoms with E-state index in [1.54, 1.807) is 35.7 Å². The predicted molar refractivity (Wildman–Crippen MR) is 92.6 cm³/mol. The Morgan fingerprint density at radius 1 is 1.08 bits per heavy atom. The molecular formula is C17H16ClNO4S. The molecule has 7 heteroatoms. The Morgan fingerprint density at radius 2 is 1.83 bits per heavy atom. The zero-order chi connectivity index (χ0) is 17.4. The second kappa shape index (κ2) is 9.20. The van der Waals surface area contributed by atoms with Crippen LogP contribution >= 0.6 is 22.9 Å². The topological polar surface area (TPSA) is 72.5 Å². The summed E-state index contributed by atoms with van der Waals surface area (Å²) in [5, 5.41) is 6.83. The lowest BCUT2D eigenvalue weighted by Gasteiger charge is -2.05. The number of carbonyl (C=O) groups excluding carboxylic acids is 3. The molecule has 126 valence electrons. The van der Waals surface area contributed by atoms with E-state index in [2.05, 4.69) is 5.32 Å². The predicted octanol–water partition coefficient (Wildman–Crippen LogP) is 3.34. The van der Waals surface area contributed by atoms with Gasteiger partial charge >= 0.3 is 5.97 Å². The first-order valence-corrected chi connectivity index (χ1v) is 8.63. The number of hydrogen-bond acceptors (Lipinski definition) is 5. The van der Waals surface area contributed by atoms with Crippen LogP contribution in [-0.4, -0.2) is 30.8 Å². The molecule has 24 heavy (non-hydrogen) atoms. The molecule has 0 bridgehead atoms. The van der Waals surface area contributed by atoms with Gasteiger partial charge in [0.05, 0.1) is 0 Å². The van der Waals surface area contributed by atoms with Gasteiger partial charge in [-0.1, -0.05) is 11.6 Å². The molecular weight excluding hydrogens is 350 g/mol. The second-order valence-corrected chi connectivity index (χ2v) is 6.18. The first-order chi connectivity index (χ1) is 11.6. The molecule has 0 aliphatic carbocycles. The molecule has 0 spiro atoms. The third-order valence-electron chi connectivity index (χ3n) is 3.16. The van der Waals surface area contributed by atoms with Gasteiger partial charge in [-0.3, -0.25) is 14.4 Å². The number of ether oxygens (including phenoxy) is 1. The summed E-state index contributed by atoms with van der Waals surface area (Å²) >= 11 is 7.19. The summed E-state index contributed by atoms with van der Waals surface area (Å²) in [5.74, 6) is -0.921. The summed E-state index contributed by atoms with van der Waals surface area (Å²) in [6, 6.07) is 8.10. The smallest absolute Gasteiger partial charge is 0.306 e. The van der Waals surface area contributed by atoms with Crippen LogP contribution in [0.2, 0.25) is 5.02 Å². The number of Topliss-reactive ketones (excluding diaryl/α,β-unsaturated/α-hetero) is 1. The molecule has 5 nitrogen and oxygen atoms in total. The molecule has 0 unspecified atom stereocenters. The van der Waals surface area contributed by atoms with E-state index in [9.17, 15) is 14.4 Å². The van der Waals surface area contributed by atoms with Gasteiger partial charge in [0.2, 0.25) is 0 Å². The van der Waals surface area contributed by atoms with Gasteiger partial charge in [0.25, 0.3) is 5.91 Å². The van der Waals surface area contributed by atoms with Gasteiger partial charge < -0.3 is 10.1 Å². The molecule has 1 amide bonds. The normalized spacial score (nSPS) is 10.2. The van der Waals surface area contributed by atoms with Crippen molar-refractivity contribution in [2.75, 3.05) is 13.2 Å². The molecule has 0 fully saturated rings. The largest absolute Gasteiger partial charge is 0.457 e. The highest BCUT2D eigenvalue weighted by Crippen LogP contribution is 2.10. The molecule has 0 radical (unpaired) electrons. The molecule has 0 aliphatic heterocycles. The zero-order valence-corrected chi connectivity index (χ0v) is 14.4. The molecule has 0 atom stereocenters. The van der Waals surface area contributed by atoms with Crippen LogP contribution in [0.15, 0.2) is 41.1 Å². The van der Waals surface area contributed by atoms with E-state index in [4.69, 9.17) is 16.3 Å². The molecule has 2 aromatic rings. The first-order valence-electron chi connectivity index (χ1n) is 7.31. The molecule has 0 saturated heterocycles. The van der Waals surface area contributed by atoms with Crippen molar-refractivity contribution in [3.63, 3.8) is 0 Å². The van der Waals surface area contributed by atoms with Crippen LogP contribution in [0.25, 0.3) is 0 Å². The first kappa shape index (κ1) is 18.2. The molecule has 0 aliphatic rings. The lowest BCUT2D eigenvalue weighted by molar-refractivity contribution is -0.142. The standard InChI is InChI=1S/C17H16ClNO4S/c18-14-5-3-12(4-6-14)15(20)10-23-16(21)2-1-8-19-17(22)13-7-9-24-11-13/h3-7,9,11H,1-2,8,10H2,(H,19,22). The number of thiophene rings is 1. The Morgan fingerprint density at radius 3 is 2.50 bits per heavy atom. The van der Waals surface area contributed by atoms with Crippen molar-refractivity contribution in [3.05, 3.63) is 57.2 Å². The van der Waals surface area contributed by atoms with Crippen LogP contribution in [0.4, 0.5) is 0 Å². The number of nitrogens with one attached hydrogen (secondary N) is 1. The van der Waals surface area contributed by atoms with Crippen molar-refractivity contribution in [2.24, 2.45) is 0 Å². The van der Waals surface area contributed by atoms with Gasteiger partial charge in [-0.15, -0.1) is 0 Å². The monoisotopic (exact) mass is 365 g/mol. The SMILES string of the molecule is O=C(CCCNC(=O)c1ccsc1)OCC(=O)c1ccc(Cl)cc1. The third kappa shape index (κ3) is 5.79. The van der Waals surface area contributed by atoms with Gasteiger partial charge in [-0.05, 0) is 42.1 Å². The molecule has 1 heterocycles. The fourth-order valence-electron chi connectivity index (χ4n) is 1.87. The Hall–Kier alpha value is -2.18. The minimum absolute atomic E-state index is 0.137. The molecule has 2 rings (SSSR count). The number of esters is 1. The quantitative estimate of drug-likeness (QED) is 0.442. The van der Waals surface area contributed by atoms with Crippen LogP contribution in [0.3, 0.4) is 0 Å². The highest BCUT2D eigenvalue weighted by Gasteiger charge is 2.10. The molecule has 0 saturated carbocycles. The fourth-order valence-corrected chi connectivity index (χ4v) is 2.63. The van der Waals surface area contributed by atoms with Gasteiger partial charge in [0.15, 0.2) is 12.4 Å². The number of amides is 1. The second-order valence-electron chi connectivity index (χ2n) is 4.96. The Bertz CT molecular complexity index is 698. The summed E-state index contributed by atoms with van der Waals surface area (Å²) in [6.07, 6.45) is 0.585. The van der Waals surface area contributed by atoms with E-state index < -0.39 is 5.97 Å². The van der Waals surface area contributed by atoms with E-state index in [-0.39, 0.29) is 24.7 Å². The minimum atomic E-state index is -0.470. The number of benzene rings is 1. The highest BCUT2D eigenvalue weighted by molar-refractivity contribution is 7.08. The van der Waals surface area contributed by atoms with Gasteiger partial charge in [0.1, 0.15) is 0 Å². The van der Waals surface area contributed by atoms with E-state index in [1.807, 2.05) is 5.38 Å². The van der Waals surface area contributed by atoms with Crippen LogP contribution < -0.4 is 5.32 Å². The Balaban J connectivity index is 1.62. The van der Waals surface area contributed by atoms with E-state index in [0.29, 0.717) is 29.1 Å². The Kier molecular flexibility index (Phi) is 6.96. The van der Waals surface area contributed by atoms with Crippen molar-refractivity contribution < 1.29 is 19.1 Å². The van der Waals surface area contributed by atoms with E-state index >= 15 is 0 Å². The van der Waals surface area contributed by atoms with Crippen molar-refractivity contribution in [2.45, 2.75) is 12.8 Å². The third-order valence-corrected chi connectivity index (χ3v) is 4.09. The minimum Gasteiger partial charge on any atom is -0.457 e. The summed E-state index contributed by atoms with van der Waals surface area (Å²) in [5.41, 5.74) is 1.05. The average molecular weight is 366 g/mol. The Labute approximate surface area is 148 Å². The number of carbonyl (C=O) groups is 3. The van der Waals surface area contributed by atoms with Gasteiger partial charge in [0, 0.05) is 34.5 Å². The van der Waals surface area contributed by atoms with Crippen molar-refractivity contribution in [3.8, 4) is 0 Å². The van der Waals surface area contributed by atoms with Crippen molar-refractivity contribution in [1.29, 1.82) is 0 Å². The number of hydrogen-bond donors (Lipinski definition) is 1. The fraction of sp³-hybridized carbons (Fsp3) is 0.235. The summed E-state index contributed by atoms with van der Waals surface area (Å²) in [6.45, 7) is 0.0661. The lowest BCUT2D eigenvalue weighted by atomic mass is 10.1. The molecule has 1 aromatic heterocycles. The van der Waals surface area contributed by atoms with E-state index in [0.717, 1.165) is 0 Å². The average Bonchev–Trinajstić information content (AvgIpc) is 3.11. The highest BCUT2D eigenvalue weighted by atomic mass is 35.5.